The average molecular weight is 415 g/mol. The van der Waals surface area contributed by atoms with E-state index in [0.717, 1.165) is 11.1 Å². The van der Waals surface area contributed by atoms with Crippen molar-refractivity contribution in [2.24, 2.45) is 0 Å². The van der Waals surface area contributed by atoms with Gasteiger partial charge in [-0.1, -0.05) is 51.1 Å². The molecule has 5 heteroatoms. The van der Waals surface area contributed by atoms with Gasteiger partial charge in [-0.15, -0.1) is 0 Å². The highest BCUT2D eigenvalue weighted by Crippen LogP contribution is 2.42. The van der Waals surface area contributed by atoms with Gasteiger partial charge in [0, 0.05) is 11.3 Å². The molecule has 2 heterocycles. The lowest BCUT2D eigenvalue weighted by Gasteiger charge is -2.24. The predicted octanol–water partition coefficient (Wildman–Crippen LogP) is 5.51. The summed E-state index contributed by atoms with van der Waals surface area (Å²) < 4.78 is 5.60. The number of ketones is 1. The second-order valence-electron chi connectivity index (χ2n) is 8.80. The molecule has 31 heavy (non-hydrogen) atoms. The Kier molecular flexibility index (Phi) is 5.05. The number of nitrogens with zero attached hydrogens (tertiary/aromatic N) is 1. The Bertz CT molecular complexity index is 1170. The molecule has 3 aromatic rings. The zero-order valence-corrected chi connectivity index (χ0v) is 18.0. The van der Waals surface area contributed by atoms with Crippen LogP contribution < -0.4 is 4.90 Å². The van der Waals surface area contributed by atoms with Crippen LogP contribution in [0.1, 0.15) is 49.3 Å². The summed E-state index contributed by atoms with van der Waals surface area (Å²) in [5.74, 6) is -1.21. The SMILES string of the molecule is Cc1ccc(C(C)(C)C)cc1/C(O)=C1\C(=O)C(=O)N(c2ccccc2)C1c1ccco1. The number of aliphatic hydroxyl groups is 1. The van der Waals surface area contributed by atoms with E-state index in [4.69, 9.17) is 4.42 Å². The molecule has 1 amide bonds. The summed E-state index contributed by atoms with van der Waals surface area (Å²) in [7, 11) is 0. The van der Waals surface area contributed by atoms with Gasteiger partial charge in [0.1, 0.15) is 17.6 Å². The van der Waals surface area contributed by atoms with E-state index in [-0.39, 0.29) is 16.7 Å². The van der Waals surface area contributed by atoms with Gasteiger partial charge in [0.15, 0.2) is 0 Å². The molecule has 1 fully saturated rings. The molecule has 0 bridgehead atoms. The summed E-state index contributed by atoms with van der Waals surface area (Å²) in [5, 5.41) is 11.4. The average Bonchev–Trinajstić information content (AvgIpc) is 3.35. The van der Waals surface area contributed by atoms with Gasteiger partial charge in [-0.05, 0) is 53.8 Å². The third-order valence-corrected chi connectivity index (χ3v) is 5.65. The van der Waals surface area contributed by atoms with Crippen LogP contribution in [0.2, 0.25) is 0 Å². The van der Waals surface area contributed by atoms with Crippen molar-refractivity contribution in [1.82, 2.24) is 0 Å². The van der Waals surface area contributed by atoms with Crippen LogP contribution in [0.15, 0.2) is 76.9 Å². The number of Topliss-reactive ketones (excluding diaryl/α,β-unsaturated/α-hetero) is 1. The Hall–Kier alpha value is -3.60. The number of hydrogen-bond donors (Lipinski definition) is 1. The van der Waals surface area contributed by atoms with Crippen molar-refractivity contribution in [2.45, 2.75) is 39.2 Å². The second kappa shape index (κ2) is 7.58. The number of para-hydroxylation sites is 1. The molecule has 1 atom stereocenters. The number of carbonyl (C=O) groups excluding carboxylic acids is 2. The third kappa shape index (κ3) is 3.56. The van der Waals surface area contributed by atoms with Crippen LogP contribution in [0.5, 0.6) is 0 Å². The number of amides is 1. The van der Waals surface area contributed by atoms with Crippen molar-refractivity contribution in [3.8, 4) is 0 Å². The Morgan fingerprint density at radius 3 is 2.32 bits per heavy atom. The maximum atomic E-state index is 13.2. The number of carbonyl (C=O) groups is 2. The number of aliphatic hydroxyl groups excluding tert-OH is 1. The third-order valence-electron chi connectivity index (χ3n) is 5.65. The first kappa shape index (κ1) is 20.7. The molecule has 1 N–H and O–H groups in total. The normalized spacial score (nSPS) is 18.6. The van der Waals surface area contributed by atoms with Crippen LogP contribution in [0, 0.1) is 6.92 Å². The lowest BCUT2D eigenvalue weighted by molar-refractivity contribution is -0.132. The number of hydrogen-bond acceptors (Lipinski definition) is 4. The number of furan rings is 1. The summed E-state index contributed by atoms with van der Waals surface area (Å²) in [6.45, 7) is 8.12. The van der Waals surface area contributed by atoms with Crippen LogP contribution >= 0.6 is 0 Å². The van der Waals surface area contributed by atoms with Gasteiger partial charge in [-0.3, -0.25) is 14.5 Å². The number of anilines is 1. The second-order valence-corrected chi connectivity index (χ2v) is 8.80. The maximum Gasteiger partial charge on any atom is 0.300 e. The van der Waals surface area contributed by atoms with E-state index in [2.05, 4.69) is 20.8 Å². The highest BCUT2D eigenvalue weighted by Gasteiger charge is 2.48. The molecular formula is C26H25NO4. The highest BCUT2D eigenvalue weighted by molar-refractivity contribution is 6.51. The molecule has 0 radical (unpaired) electrons. The first-order chi connectivity index (χ1) is 14.7. The monoisotopic (exact) mass is 415 g/mol. The molecule has 1 aromatic heterocycles. The molecular weight excluding hydrogens is 390 g/mol. The number of rotatable bonds is 3. The zero-order valence-electron chi connectivity index (χ0n) is 18.0. The molecule has 1 aliphatic heterocycles. The van der Waals surface area contributed by atoms with E-state index in [1.54, 1.807) is 36.4 Å². The van der Waals surface area contributed by atoms with Gasteiger partial charge in [0.25, 0.3) is 11.7 Å². The van der Waals surface area contributed by atoms with Crippen molar-refractivity contribution >= 4 is 23.1 Å². The number of aryl methyl sites for hydroxylation is 1. The van der Waals surface area contributed by atoms with Gasteiger partial charge >= 0.3 is 0 Å². The lowest BCUT2D eigenvalue weighted by atomic mass is 9.84. The maximum absolute atomic E-state index is 13.2. The minimum Gasteiger partial charge on any atom is -0.507 e. The van der Waals surface area contributed by atoms with Gasteiger partial charge in [-0.25, -0.2) is 0 Å². The Balaban J connectivity index is 1.95. The standard InChI is InChI=1S/C26H25NO4/c1-16-12-13-17(26(2,3)4)15-19(16)23(28)21-22(20-11-8-14-31-20)27(25(30)24(21)29)18-9-6-5-7-10-18/h5-15,22,28H,1-4H3/b23-21+. The smallest absolute Gasteiger partial charge is 0.300 e. The largest absolute Gasteiger partial charge is 0.507 e. The van der Waals surface area contributed by atoms with Gasteiger partial charge in [-0.2, -0.15) is 0 Å². The summed E-state index contributed by atoms with van der Waals surface area (Å²) in [6, 6.07) is 17.3. The lowest BCUT2D eigenvalue weighted by Crippen LogP contribution is -2.29. The summed E-state index contributed by atoms with van der Waals surface area (Å²) in [4.78, 5) is 27.6. The van der Waals surface area contributed by atoms with Crippen molar-refractivity contribution in [3.63, 3.8) is 0 Å². The molecule has 2 aromatic carbocycles. The van der Waals surface area contributed by atoms with Gasteiger partial charge in [0.2, 0.25) is 0 Å². The molecule has 0 saturated carbocycles. The first-order valence-electron chi connectivity index (χ1n) is 10.2. The molecule has 1 saturated heterocycles. The van der Waals surface area contributed by atoms with Crippen LogP contribution in [0.3, 0.4) is 0 Å². The fourth-order valence-corrected chi connectivity index (χ4v) is 3.89. The minimum atomic E-state index is -0.852. The molecule has 158 valence electrons. The van der Waals surface area contributed by atoms with Crippen LogP contribution in [0.25, 0.3) is 5.76 Å². The van der Waals surface area contributed by atoms with Crippen LogP contribution in [-0.2, 0) is 15.0 Å². The summed E-state index contributed by atoms with van der Waals surface area (Å²) >= 11 is 0. The Labute approximate surface area is 181 Å². The molecule has 5 nitrogen and oxygen atoms in total. The topological polar surface area (TPSA) is 70.8 Å². The van der Waals surface area contributed by atoms with E-state index in [0.29, 0.717) is 17.0 Å². The quantitative estimate of drug-likeness (QED) is 0.348. The Morgan fingerprint density at radius 2 is 1.71 bits per heavy atom. The van der Waals surface area contributed by atoms with Crippen molar-refractivity contribution in [2.75, 3.05) is 4.90 Å². The van der Waals surface area contributed by atoms with Crippen molar-refractivity contribution in [1.29, 1.82) is 0 Å². The van der Waals surface area contributed by atoms with Crippen LogP contribution in [0.4, 0.5) is 5.69 Å². The molecule has 1 aliphatic rings. The Morgan fingerprint density at radius 1 is 1.00 bits per heavy atom. The van der Waals surface area contributed by atoms with Crippen LogP contribution in [-0.4, -0.2) is 16.8 Å². The fraction of sp³-hybridized carbons (Fsp3) is 0.231. The number of benzene rings is 2. The zero-order chi connectivity index (χ0) is 22.3. The minimum absolute atomic E-state index is 0.0259. The van der Waals surface area contributed by atoms with Crippen molar-refractivity contribution < 1.29 is 19.1 Å². The van der Waals surface area contributed by atoms with E-state index in [1.807, 2.05) is 31.2 Å². The van der Waals surface area contributed by atoms with E-state index in [1.165, 1.54) is 11.2 Å². The predicted molar refractivity (Wildman–Crippen MR) is 120 cm³/mol. The van der Waals surface area contributed by atoms with E-state index < -0.39 is 17.7 Å². The van der Waals surface area contributed by atoms with Gasteiger partial charge < -0.3 is 9.52 Å². The fourth-order valence-electron chi connectivity index (χ4n) is 3.89. The summed E-state index contributed by atoms with van der Waals surface area (Å²) in [5.41, 5.74) is 2.82. The molecule has 0 aliphatic carbocycles. The molecule has 1 unspecified atom stereocenters. The van der Waals surface area contributed by atoms with Gasteiger partial charge in [0.05, 0.1) is 11.8 Å². The molecule has 0 spiro atoms. The van der Waals surface area contributed by atoms with E-state index in [9.17, 15) is 14.7 Å². The van der Waals surface area contributed by atoms with Crippen molar-refractivity contribution in [3.05, 3.63) is 95.0 Å². The highest BCUT2D eigenvalue weighted by atomic mass is 16.3. The molecule has 4 rings (SSSR count). The summed E-state index contributed by atoms with van der Waals surface area (Å²) in [6.07, 6.45) is 1.49. The van der Waals surface area contributed by atoms with E-state index >= 15 is 0 Å². The first-order valence-corrected chi connectivity index (χ1v) is 10.2.